The van der Waals surface area contributed by atoms with Crippen molar-refractivity contribution in [2.45, 2.75) is 43.8 Å². The molecular formula is C23H31N7O4. The van der Waals surface area contributed by atoms with Crippen LogP contribution >= 0.6 is 0 Å². The maximum atomic E-state index is 12.7. The van der Waals surface area contributed by atoms with Gasteiger partial charge in [-0.25, -0.2) is 9.97 Å². The van der Waals surface area contributed by atoms with Gasteiger partial charge in [0.25, 0.3) is 5.91 Å². The average Bonchev–Trinajstić information content (AvgIpc) is 3.60. The van der Waals surface area contributed by atoms with Crippen molar-refractivity contribution < 1.29 is 19.7 Å². The number of nitrogens with zero attached hydrogens (tertiary/aromatic N) is 5. The number of amides is 1. The maximum absolute atomic E-state index is 12.7. The largest absolute Gasteiger partial charge is 0.387 e. The number of carbonyl (C=O) groups excluding carboxylic acids is 1. The van der Waals surface area contributed by atoms with Crippen molar-refractivity contribution in [2.24, 2.45) is 7.05 Å². The van der Waals surface area contributed by atoms with Crippen molar-refractivity contribution in [1.29, 1.82) is 0 Å². The van der Waals surface area contributed by atoms with Gasteiger partial charge in [-0.3, -0.25) is 4.79 Å². The fourth-order valence-corrected chi connectivity index (χ4v) is 4.91. The van der Waals surface area contributed by atoms with Crippen molar-refractivity contribution in [3.05, 3.63) is 31.0 Å². The van der Waals surface area contributed by atoms with Gasteiger partial charge in [-0.2, -0.15) is 0 Å². The highest BCUT2D eigenvalue weighted by Gasteiger charge is 2.47. The molecule has 0 saturated carbocycles. The minimum absolute atomic E-state index is 0.294. The lowest BCUT2D eigenvalue weighted by Crippen LogP contribution is -2.43. The van der Waals surface area contributed by atoms with E-state index < -0.39 is 30.4 Å². The van der Waals surface area contributed by atoms with E-state index in [4.69, 9.17) is 10.5 Å². The molecule has 0 bridgehead atoms. The van der Waals surface area contributed by atoms with Gasteiger partial charge < -0.3 is 40.0 Å². The quantitative estimate of drug-likeness (QED) is 0.360. The van der Waals surface area contributed by atoms with E-state index in [2.05, 4.69) is 20.2 Å². The highest BCUT2D eigenvalue weighted by molar-refractivity contribution is 6.00. The highest BCUT2D eigenvalue weighted by Crippen LogP contribution is 2.38. The molecular weight excluding hydrogens is 438 g/mol. The number of hydrogen-bond donors (Lipinski definition) is 4. The van der Waals surface area contributed by atoms with E-state index >= 15 is 0 Å². The van der Waals surface area contributed by atoms with E-state index in [1.54, 1.807) is 10.8 Å². The van der Waals surface area contributed by atoms with Crippen LogP contribution in [0.2, 0.25) is 0 Å². The number of aliphatic hydroxyl groups excluding tert-OH is 2. The maximum Gasteiger partial charge on any atom is 0.252 e. The summed E-state index contributed by atoms with van der Waals surface area (Å²) in [5.74, 6) is -0.146. The zero-order valence-corrected chi connectivity index (χ0v) is 19.2. The summed E-state index contributed by atoms with van der Waals surface area (Å²) in [7, 11) is 1.91. The van der Waals surface area contributed by atoms with Crippen molar-refractivity contribution in [3.8, 4) is 11.1 Å². The van der Waals surface area contributed by atoms with Crippen LogP contribution in [0.1, 0.15) is 25.5 Å². The molecule has 5 rings (SSSR count). The Morgan fingerprint density at radius 2 is 2.03 bits per heavy atom. The first kappa shape index (κ1) is 22.8. The minimum atomic E-state index is -1.37. The summed E-state index contributed by atoms with van der Waals surface area (Å²) in [6.45, 7) is 3.63. The van der Waals surface area contributed by atoms with Crippen LogP contribution in [0, 0.1) is 0 Å². The molecule has 0 unspecified atom stereocenters. The third-order valence-corrected chi connectivity index (χ3v) is 6.70. The fraction of sp³-hybridized carbons (Fsp3) is 0.522. The van der Waals surface area contributed by atoms with Crippen LogP contribution < -0.4 is 11.1 Å². The molecule has 2 saturated heterocycles. The van der Waals surface area contributed by atoms with Crippen LogP contribution in [0.3, 0.4) is 0 Å². The summed E-state index contributed by atoms with van der Waals surface area (Å²) < 4.78 is 9.43. The third kappa shape index (κ3) is 4.16. The molecule has 182 valence electrons. The van der Waals surface area contributed by atoms with Crippen LogP contribution in [0.15, 0.2) is 31.0 Å². The number of aryl methyl sites for hydroxylation is 1. The van der Waals surface area contributed by atoms with Gasteiger partial charge in [0.05, 0.1) is 5.39 Å². The van der Waals surface area contributed by atoms with Crippen molar-refractivity contribution in [1.82, 2.24) is 29.3 Å². The predicted molar refractivity (Wildman–Crippen MR) is 126 cm³/mol. The Morgan fingerprint density at radius 3 is 2.76 bits per heavy atom. The zero-order chi connectivity index (χ0) is 23.8. The molecule has 11 heteroatoms. The Morgan fingerprint density at radius 1 is 1.24 bits per heavy atom. The van der Waals surface area contributed by atoms with Gasteiger partial charge in [-0.05, 0) is 45.0 Å². The number of nitrogen functional groups attached to an aromatic ring is 1. The molecule has 4 atom stereocenters. The molecule has 2 fully saturated rings. The van der Waals surface area contributed by atoms with Crippen LogP contribution in [0.4, 0.5) is 5.82 Å². The van der Waals surface area contributed by atoms with Crippen molar-refractivity contribution >= 4 is 22.8 Å². The van der Waals surface area contributed by atoms with E-state index in [0.717, 1.165) is 37.2 Å². The number of likely N-dealkylation sites (tertiary alicyclic amines) is 1. The van der Waals surface area contributed by atoms with Gasteiger partial charge in [0.15, 0.2) is 12.3 Å². The zero-order valence-electron chi connectivity index (χ0n) is 19.2. The number of rotatable bonds is 7. The second kappa shape index (κ2) is 9.34. The molecule has 2 aliphatic heterocycles. The number of anilines is 1. The Balaban J connectivity index is 1.34. The van der Waals surface area contributed by atoms with Gasteiger partial charge in [0, 0.05) is 43.3 Å². The summed E-state index contributed by atoms with van der Waals surface area (Å²) in [6, 6.07) is 1.94. The molecule has 1 amide bonds. The number of fused-ring (bicyclic) bond motifs is 1. The SMILES string of the molecule is Cn1ccc(-c2cn([C@@H]3O[C@H](C(=O)NCCCN4CCCC4)[C@@H](O)[C@H]3O)c3ncnc(N)c23)c1. The number of nitrogens with one attached hydrogen (secondary N) is 1. The molecule has 0 radical (unpaired) electrons. The van der Waals surface area contributed by atoms with E-state index in [-0.39, 0.29) is 0 Å². The van der Waals surface area contributed by atoms with E-state index in [0.29, 0.717) is 23.4 Å². The van der Waals surface area contributed by atoms with E-state index in [1.165, 1.54) is 19.2 Å². The fourth-order valence-electron chi connectivity index (χ4n) is 4.91. The second-order valence-electron chi connectivity index (χ2n) is 9.09. The topological polar surface area (TPSA) is 144 Å². The lowest BCUT2D eigenvalue weighted by atomic mass is 10.1. The Bertz CT molecular complexity index is 1170. The van der Waals surface area contributed by atoms with Crippen LogP contribution in [0.5, 0.6) is 0 Å². The van der Waals surface area contributed by atoms with Gasteiger partial charge in [-0.1, -0.05) is 0 Å². The van der Waals surface area contributed by atoms with E-state index in [9.17, 15) is 15.0 Å². The number of aromatic nitrogens is 4. The number of hydrogen-bond acceptors (Lipinski definition) is 8. The third-order valence-electron chi connectivity index (χ3n) is 6.70. The first-order chi connectivity index (χ1) is 16.4. The summed E-state index contributed by atoms with van der Waals surface area (Å²) in [5.41, 5.74) is 8.29. The first-order valence-corrected chi connectivity index (χ1v) is 11.7. The normalized spacial score (nSPS) is 25.4. The number of carbonyl (C=O) groups is 1. The Kier molecular flexibility index (Phi) is 6.26. The monoisotopic (exact) mass is 469 g/mol. The van der Waals surface area contributed by atoms with Gasteiger partial charge in [-0.15, -0.1) is 0 Å². The molecule has 11 nitrogen and oxygen atoms in total. The lowest BCUT2D eigenvalue weighted by molar-refractivity contribution is -0.137. The Labute approximate surface area is 197 Å². The van der Waals surface area contributed by atoms with Crippen LogP contribution in [0.25, 0.3) is 22.2 Å². The average molecular weight is 470 g/mol. The molecule has 3 aromatic heterocycles. The van der Waals surface area contributed by atoms with Crippen LogP contribution in [-0.4, -0.2) is 84.6 Å². The summed E-state index contributed by atoms with van der Waals surface area (Å²) >= 11 is 0. The lowest BCUT2D eigenvalue weighted by Gasteiger charge is -2.17. The highest BCUT2D eigenvalue weighted by atomic mass is 16.6. The number of aliphatic hydroxyl groups is 2. The van der Waals surface area contributed by atoms with E-state index in [1.807, 2.05) is 30.1 Å². The smallest absolute Gasteiger partial charge is 0.252 e. The van der Waals surface area contributed by atoms with Crippen molar-refractivity contribution in [2.75, 3.05) is 31.9 Å². The molecule has 34 heavy (non-hydrogen) atoms. The minimum Gasteiger partial charge on any atom is -0.387 e. The number of nitrogens with two attached hydrogens (primary N) is 1. The summed E-state index contributed by atoms with van der Waals surface area (Å²) in [5, 5.41) is 24.9. The van der Waals surface area contributed by atoms with Crippen molar-refractivity contribution in [3.63, 3.8) is 0 Å². The standard InChI is InChI=1S/C23H31N7O4/c1-28-10-5-14(11-28)15-12-30(21-16(15)20(24)26-13-27-21)23-18(32)17(31)19(34-23)22(33)25-6-4-9-29-7-2-3-8-29/h5,10-13,17-19,23,31-32H,2-4,6-9H2,1H3,(H,25,33)(H2,24,26,27)/t17-,18+,19-,23+/m0/s1. The second-order valence-corrected chi connectivity index (χ2v) is 9.09. The molecule has 2 aliphatic rings. The molecule has 3 aromatic rings. The molecule has 0 aromatic carbocycles. The van der Waals surface area contributed by atoms with Gasteiger partial charge >= 0.3 is 0 Å². The summed E-state index contributed by atoms with van der Waals surface area (Å²) in [6.07, 6.45) is 5.32. The first-order valence-electron chi connectivity index (χ1n) is 11.7. The van der Waals surface area contributed by atoms with Gasteiger partial charge in [0.1, 0.15) is 30.0 Å². The Hall–Kier alpha value is -2.99. The number of ether oxygens (including phenoxy) is 1. The molecule has 5 heterocycles. The molecule has 0 spiro atoms. The summed E-state index contributed by atoms with van der Waals surface area (Å²) in [4.78, 5) is 23.6. The predicted octanol–water partition coefficient (Wildman–Crippen LogP) is 0.240. The van der Waals surface area contributed by atoms with Crippen LogP contribution in [-0.2, 0) is 16.6 Å². The molecule has 0 aliphatic carbocycles. The molecule has 5 N–H and O–H groups in total. The van der Waals surface area contributed by atoms with Gasteiger partial charge in [0.2, 0.25) is 0 Å².